The zero-order valence-corrected chi connectivity index (χ0v) is 7.20. The molecule has 0 bridgehead atoms. The first-order valence-electron chi connectivity index (χ1n) is 2.01. The molecule has 0 aliphatic rings. The van der Waals surface area contributed by atoms with Crippen LogP contribution in [0.3, 0.4) is 0 Å². The molecule has 0 radical (unpaired) electrons. The Morgan fingerprint density at radius 3 is 1.56 bits per heavy atom. The van der Waals surface area contributed by atoms with Gasteiger partial charge in [0.05, 0.1) is 0 Å². The van der Waals surface area contributed by atoms with E-state index in [2.05, 4.69) is 0 Å². The molecule has 0 aromatic carbocycles. The van der Waals surface area contributed by atoms with Crippen molar-refractivity contribution in [2.24, 2.45) is 5.92 Å². The molecule has 2 N–H and O–H groups in total. The van der Waals surface area contributed by atoms with E-state index in [0.717, 1.165) is 6.92 Å². The predicted octanol–water partition coefficient (Wildman–Crippen LogP) is -0.364. The Hall–Kier alpha value is 0.200. The van der Waals surface area contributed by atoms with Gasteiger partial charge in [0, 0.05) is 0 Å². The van der Waals surface area contributed by atoms with Gasteiger partial charge in [-0.3, -0.25) is 9.59 Å². The molecule has 0 spiro atoms. The Morgan fingerprint density at radius 1 is 1.33 bits per heavy atom. The quantitative estimate of drug-likeness (QED) is 0.427. The average Bonchev–Trinajstić information content (AvgIpc) is 1.64. The second-order valence-corrected chi connectivity index (χ2v) is 1.40. The van der Waals surface area contributed by atoms with Gasteiger partial charge < -0.3 is 13.1 Å². The maximum absolute atomic E-state index is 9.76. The summed E-state index contributed by atoms with van der Waals surface area (Å²) in [5.41, 5.74) is 0. The van der Waals surface area contributed by atoms with Gasteiger partial charge in [-0.15, -0.1) is 0 Å². The van der Waals surface area contributed by atoms with E-state index < -0.39 is 17.9 Å². The molecule has 4 nitrogen and oxygen atoms in total. The molecule has 50 valence electrons. The molecule has 0 fully saturated rings. The van der Waals surface area contributed by atoms with Crippen LogP contribution in [0.4, 0.5) is 0 Å². The summed E-state index contributed by atoms with van der Waals surface area (Å²) in [5, 5.41) is 15.9. The van der Waals surface area contributed by atoms with Crippen LogP contribution in [0.15, 0.2) is 0 Å². The van der Waals surface area contributed by atoms with Crippen LogP contribution in [0.5, 0.6) is 0 Å². The molecule has 0 rings (SSSR count). The van der Waals surface area contributed by atoms with Crippen molar-refractivity contribution in [3.63, 3.8) is 0 Å². The van der Waals surface area contributed by atoms with Crippen LogP contribution in [-0.4, -0.2) is 59.9 Å². The zero-order valence-electron chi connectivity index (χ0n) is 7.00. The van der Waals surface area contributed by atoms with Crippen molar-refractivity contribution in [2.75, 3.05) is 0 Å². The molecule has 0 saturated heterocycles. The molecular weight excluding hydrogens is 152 g/mol. The van der Waals surface area contributed by atoms with E-state index in [-0.39, 0.29) is 40.6 Å². The summed E-state index contributed by atoms with van der Waals surface area (Å²) in [6.45, 7) is 1.12. The van der Waals surface area contributed by atoms with Crippen molar-refractivity contribution < 1.29 is 22.7 Å². The molecule has 0 aromatic heterocycles. The van der Waals surface area contributed by atoms with Gasteiger partial charge in [-0.1, -0.05) is 0 Å². The van der Waals surface area contributed by atoms with Crippen LogP contribution in [0.25, 0.3) is 0 Å². The van der Waals surface area contributed by atoms with E-state index in [1.54, 1.807) is 0 Å². The first-order valence-corrected chi connectivity index (χ1v) is 2.01. The normalized spacial score (nSPS) is 8.22. The summed E-state index contributed by atoms with van der Waals surface area (Å²) in [5.74, 6) is -3.91. The third-order valence-electron chi connectivity index (χ3n) is 0.741. The topological polar surface area (TPSA) is 74.6 Å². The Balaban J connectivity index is -0.0000000817. The van der Waals surface area contributed by atoms with Crippen LogP contribution in [0, 0.1) is 5.92 Å². The summed E-state index contributed by atoms with van der Waals surface area (Å²) >= 11 is 0. The second-order valence-electron chi connectivity index (χ2n) is 1.40. The number of carbonyl (C=O) groups is 2. The molecule has 0 unspecified atom stereocenters. The van der Waals surface area contributed by atoms with E-state index >= 15 is 0 Å². The number of carboxylic acid groups (broad SMARTS) is 2. The van der Waals surface area contributed by atoms with Crippen molar-refractivity contribution in [3.8, 4) is 0 Å². The monoisotopic (exact) mass is 160 g/mol. The summed E-state index contributed by atoms with van der Waals surface area (Å²) in [6, 6.07) is 0. The zero-order chi connectivity index (χ0) is 6.73. The maximum atomic E-state index is 9.76. The third-order valence-corrected chi connectivity index (χ3v) is 0.741. The van der Waals surface area contributed by atoms with Gasteiger partial charge in [0.15, 0.2) is 5.92 Å². The maximum Gasteiger partial charge on any atom is 2.00 e. The smallest absolute Gasteiger partial charge is 1.00 e. The number of hydrogen-bond acceptors (Lipinski definition) is 2. The SMILES string of the molecule is CC(C(=O)O)C(=O)O.[Ca+2].[H-].[H-]. The Morgan fingerprint density at radius 2 is 1.56 bits per heavy atom. The Bertz CT molecular complexity index is 115. The number of rotatable bonds is 2. The van der Waals surface area contributed by atoms with Gasteiger partial charge in [-0.25, -0.2) is 0 Å². The van der Waals surface area contributed by atoms with Crippen molar-refractivity contribution in [1.29, 1.82) is 0 Å². The van der Waals surface area contributed by atoms with Gasteiger partial charge in [-0.05, 0) is 6.92 Å². The second kappa shape index (κ2) is 5.02. The van der Waals surface area contributed by atoms with Crippen LogP contribution >= 0.6 is 0 Å². The summed E-state index contributed by atoms with van der Waals surface area (Å²) < 4.78 is 0. The molecule has 0 heterocycles. The molecule has 0 atom stereocenters. The largest absolute Gasteiger partial charge is 2.00 e. The fraction of sp³-hybridized carbons (Fsp3) is 0.500. The van der Waals surface area contributed by atoms with Crippen molar-refractivity contribution in [3.05, 3.63) is 0 Å². The van der Waals surface area contributed by atoms with Crippen LogP contribution < -0.4 is 0 Å². The van der Waals surface area contributed by atoms with E-state index in [1.807, 2.05) is 0 Å². The van der Waals surface area contributed by atoms with E-state index in [4.69, 9.17) is 10.2 Å². The first-order chi connectivity index (χ1) is 3.55. The van der Waals surface area contributed by atoms with Crippen molar-refractivity contribution in [2.45, 2.75) is 6.92 Å². The molecule has 5 heteroatoms. The molecule has 0 aliphatic heterocycles. The summed E-state index contributed by atoms with van der Waals surface area (Å²) in [4.78, 5) is 19.5. The molecule has 0 aromatic rings. The minimum atomic E-state index is -1.31. The Labute approximate surface area is 84.8 Å². The van der Waals surface area contributed by atoms with Crippen LogP contribution in [-0.2, 0) is 9.59 Å². The predicted molar refractivity (Wildman–Crippen MR) is 32.4 cm³/mol. The van der Waals surface area contributed by atoms with Gasteiger partial charge in [-0.2, -0.15) is 0 Å². The first kappa shape index (κ1) is 11.9. The fourth-order valence-corrected chi connectivity index (χ4v) is 0.106. The Kier molecular flexibility index (Phi) is 6.66. The summed E-state index contributed by atoms with van der Waals surface area (Å²) in [6.07, 6.45) is 0. The molecular formula is C4H8CaO4. The standard InChI is InChI=1S/C4H6O4.Ca.2H/c1-2(3(5)6)4(7)8;;;/h2H,1H3,(H,5,6)(H,7,8);;;/q;+2;2*-1. The van der Waals surface area contributed by atoms with Crippen LogP contribution in [0.2, 0.25) is 0 Å². The van der Waals surface area contributed by atoms with Gasteiger partial charge in [0.2, 0.25) is 0 Å². The van der Waals surface area contributed by atoms with E-state index in [0.29, 0.717) is 0 Å². The average molecular weight is 160 g/mol. The molecule has 0 amide bonds. The number of hydrogen-bond donors (Lipinski definition) is 2. The summed E-state index contributed by atoms with van der Waals surface area (Å²) in [7, 11) is 0. The van der Waals surface area contributed by atoms with Gasteiger partial charge in [0.1, 0.15) is 0 Å². The van der Waals surface area contributed by atoms with Gasteiger partial charge in [0.25, 0.3) is 0 Å². The van der Waals surface area contributed by atoms with Crippen LogP contribution in [0.1, 0.15) is 9.78 Å². The molecule has 0 aliphatic carbocycles. The number of aliphatic carboxylic acids is 2. The molecule has 9 heavy (non-hydrogen) atoms. The van der Waals surface area contributed by atoms with Gasteiger partial charge >= 0.3 is 49.7 Å². The fourth-order valence-electron chi connectivity index (χ4n) is 0.106. The van der Waals surface area contributed by atoms with E-state index in [1.165, 1.54) is 0 Å². The minimum absolute atomic E-state index is 0. The van der Waals surface area contributed by atoms with E-state index in [9.17, 15) is 9.59 Å². The van der Waals surface area contributed by atoms with Crippen molar-refractivity contribution in [1.82, 2.24) is 0 Å². The van der Waals surface area contributed by atoms with Crippen molar-refractivity contribution >= 4 is 49.7 Å². The number of carboxylic acids is 2. The minimum Gasteiger partial charge on any atom is -1.00 e. The molecule has 0 saturated carbocycles. The third kappa shape index (κ3) is 4.69.